The van der Waals surface area contributed by atoms with Crippen LogP contribution in [0.1, 0.15) is 33.1 Å². The zero-order chi connectivity index (χ0) is 13.0. The zero-order valence-corrected chi connectivity index (χ0v) is 12.1. The molecule has 1 saturated heterocycles. The summed E-state index contributed by atoms with van der Waals surface area (Å²) in [7, 11) is 0. The quantitative estimate of drug-likeness (QED) is 0.815. The molecule has 1 amide bonds. The van der Waals surface area contributed by atoms with Crippen molar-refractivity contribution in [2.24, 2.45) is 16.8 Å². The number of hydrogen-bond acceptors (Lipinski definition) is 3. The first kappa shape index (κ1) is 13.7. The number of fused-ring (bicyclic) bond motifs is 1. The lowest BCUT2D eigenvalue weighted by Gasteiger charge is -2.27. The fourth-order valence-electron chi connectivity index (χ4n) is 2.42. The average Bonchev–Trinajstić information content (AvgIpc) is 2.81. The molecule has 2 fully saturated rings. The summed E-state index contributed by atoms with van der Waals surface area (Å²) in [5.74, 6) is 2.48. The molecule has 5 heteroatoms. The normalized spacial score (nSPS) is 29.2. The predicted molar refractivity (Wildman–Crippen MR) is 76.9 cm³/mol. The summed E-state index contributed by atoms with van der Waals surface area (Å²) in [5.41, 5.74) is 0. The summed E-state index contributed by atoms with van der Waals surface area (Å²) in [6.07, 6.45) is 3.92. The second kappa shape index (κ2) is 6.45. The van der Waals surface area contributed by atoms with Crippen LogP contribution in [-0.4, -0.2) is 36.0 Å². The van der Waals surface area contributed by atoms with Crippen molar-refractivity contribution < 1.29 is 4.79 Å². The van der Waals surface area contributed by atoms with Gasteiger partial charge in [-0.05, 0) is 24.7 Å². The van der Waals surface area contributed by atoms with Crippen molar-refractivity contribution in [3.05, 3.63) is 0 Å². The Hall–Kier alpha value is -0.710. The van der Waals surface area contributed by atoms with Gasteiger partial charge in [-0.25, -0.2) is 0 Å². The van der Waals surface area contributed by atoms with E-state index in [0.29, 0.717) is 12.0 Å². The molecule has 2 atom stereocenters. The minimum Gasteiger partial charge on any atom is -0.362 e. The largest absolute Gasteiger partial charge is 0.362 e. The number of carbonyl (C=O) groups excluding carboxylic acids is 1. The summed E-state index contributed by atoms with van der Waals surface area (Å²) in [4.78, 5) is 15.9. The maximum atomic E-state index is 11.6. The molecule has 0 radical (unpaired) electrons. The molecule has 1 heterocycles. The molecule has 4 nitrogen and oxygen atoms in total. The number of nitrogens with one attached hydrogen (secondary N) is 2. The zero-order valence-electron chi connectivity index (χ0n) is 11.2. The number of hydrogen-bond donors (Lipinski definition) is 2. The maximum Gasteiger partial charge on any atom is 0.241 e. The fraction of sp³-hybridized carbons (Fsp3) is 0.846. The standard InChI is InChI=1S/C13H23N3OS/c1-9(2)6-14-12(17)7-15-13-16-11-5-3-4-10(11)8-18-13/h9-11H,3-8H2,1-2H3,(H,14,17)(H,15,16). The van der Waals surface area contributed by atoms with Crippen molar-refractivity contribution in [3.8, 4) is 0 Å². The predicted octanol–water partition coefficient (Wildman–Crippen LogP) is 1.62. The monoisotopic (exact) mass is 269 g/mol. The van der Waals surface area contributed by atoms with Crippen molar-refractivity contribution in [3.63, 3.8) is 0 Å². The number of nitrogens with zero attached hydrogens (tertiary/aromatic N) is 1. The van der Waals surface area contributed by atoms with Gasteiger partial charge in [-0.1, -0.05) is 32.0 Å². The van der Waals surface area contributed by atoms with Gasteiger partial charge in [0.25, 0.3) is 0 Å². The topological polar surface area (TPSA) is 53.5 Å². The Morgan fingerprint density at radius 2 is 2.39 bits per heavy atom. The van der Waals surface area contributed by atoms with Crippen LogP contribution in [-0.2, 0) is 4.79 Å². The molecule has 0 aromatic heterocycles. The Balaban J connectivity index is 1.74. The molecule has 1 saturated carbocycles. The summed E-state index contributed by atoms with van der Waals surface area (Å²) in [6.45, 7) is 5.16. The van der Waals surface area contributed by atoms with E-state index in [0.717, 1.165) is 23.4 Å². The van der Waals surface area contributed by atoms with Gasteiger partial charge < -0.3 is 10.6 Å². The van der Waals surface area contributed by atoms with E-state index in [9.17, 15) is 4.79 Å². The molecule has 1 aliphatic carbocycles. The lowest BCUT2D eigenvalue weighted by Crippen LogP contribution is -2.42. The highest BCUT2D eigenvalue weighted by Crippen LogP contribution is 2.32. The highest BCUT2D eigenvalue weighted by atomic mass is 32.2. The Morgan fingerprint density at radius 3 is 3.17 bits per heavy atom. The molecule has 18 heavy (non-hydrogen) atoms. The van der Waals surface area contributed by atoms with Crippen molar-refractivity contribution in [2.75, 3.05) is 18.8 Å². The van der Waals surface area contributed by atoms with Crippen molar-refractivity contribution >= 4 is 22.8 Å². The van der Waals surface area contributed by atoms with Gasteiger partial charge in [-0.3, -0.25) is 9.79 Å². The summed E-state index contributed by atoms with van der Waals surface area (Å²) < 4.78 is 0. The lowest BCUT2D eigenvalue weighted by molar-refractivity contribution is -0.119. The van der Waals surface area contributed by atoms with Crippen LogP contribution in [0.5, 0.6) is 0 Å². The van der Waals surface area contributed by atoms with Crippen LogP contribution >= 0.6 is 11.8 Å². The van der Waals surface area contributed by atoms with Crippen molar-refractivity contribution in [2.45, 2.75) is 39.2 Å². The lowest BCUT2D eigenvalue weighted by atomic mass is 10.1. The van der Waals surface area contributed by atoms with Crippen molar-refractivity contribution in [1.82, 2.24) is 10.6 Å². The molecule has 2 aliphatic rings. The molecular weight excluding hydrogens is 246 g/mol. The molecule has 0 aromatic rings. The third-order valence-corrected chi connectivity index (χ3v) is 4.59. The van der Waals surface area contributed by atoms with E-state index in [-0.39, 0.29) is 12.5 Å². The fourth-order valence-corrected chi connectivity index (χ4v) is 3.58. The Labute approximate surface area is 113 Å². The first-order valence-electron chi connectivity index (χ1n) is 6.85. The highest BCUT2D eigenvalue weighted by molar-refractivity contribution is 8.13. The first-order valence-corrected chi connectivity index (χ1v) is 7.84. The smallest absolute Gasteiger partial charge is 0.241 e. The van der Waals surface area contributed by atoms with Crippen LogP contribution < -0.4 is 10.6 Å². The van der Waals surface area contributed by atoms with Crippen molar-refractivity contribution in [1.29, 1.82) is 0 Å². The van der Waals surface area contributed by atoms with Gasteiger partial charge in [0.15, 0.2) is 5.17 Å². The second-order valence-corrected chi connectivity index (χ2v) is 6.58. The second-order valence-electron chi connectivity index (χ2n) is 5.57. The minimum absolute atomic E-state index is 0.0205. The molecule has 0 spiro atoms. The summed E-state index contributed by atoms with van der Waals surface area (Å²) in [5, 5.41) is 7.31. The van der Waals surface area contributed by atoms with E-state index >= 15 is 0 Å². The summed E-state index contributed by atoms with van der Waals surface area (Å²) in [6, 6.07) is 0.601. The SMILES string of the molecule is CC(C)CNC(=O)CN=C1NC2CCCC2CS1. The number of aliphatic imine (C=N–C) groups is 1. The first-order chi connectivity index (χ1) is 8.65. The third kappa shape index (κ3) is 3.90. The number of carbonyl (C=O) groups is 1. The summed E-state index contributed by atoms with van der Waals surface area (Å²) >= 11 is 1.76. The van der Waals surface area contributed by atoms with E-state index < -0.39 is 0 Å². The average molecular weight is 269 g/mol. The van der Waals surface area contributed by atoms with Crippen LogP contribution in [0.15, 0.2) is 4.99 Å². The van der Waals surface area contributed by atoms with E-state index in [2.05, 4.69) is 29.5 Å². The van der Waals surface area contributed by atoms with Crippen LogP contribution in [0, 0.1) is 11.8 Å². The number of thioether (sulfide) groups is 1. The Bertz CT molecular complexity index is 330. The van der Waals surface area contributed by atoms with Crippen LogP contribution in [0.3, 0.4) is 0 Å². The Morgan fingerprint density at radius 1 is 1.56 bits per heavy atom. The third-order valence-electron chi connectivity index (χ3n) is 3.48. The molecule has 2 unspecified atom stereocenters. The van der Waals surface area contributed by atoms with Gasteiger partial charge >= 0.3 is 0 Å². The molecule has 2 N–H and O–H groups in total. The molecule has 0 aromatic carbocycles. The number of rotatable bonds is 4. The number of amides is 1. The van der Waals surface area contributed by atoms with E-state index in [1.54, 1.807) is 11.8 Å². The molecular formula is C13H23N3OS. The van der Waals surface area contributed by atoms with E-state index in [1.807, 2.05) is 0 Å². The van der Waals surface area contributed by atoms with E-state index in [4.69, 9.17) is 0 Å². The maximum absolute atomic E-state index is 11.6. The molecule has 0 bridgehead atoms. The van der Waals surface area contributed by atoms with Gasteiger partial charge in [0.1, 0.15) is 6.54 Å². The van der Waals surface area contributed by atoms with Crippen LogP contribution in [0.4, 0.5) is 0 Å². The van der Waals surface area contributed by atoms with Gasteiger partial charge in [-0.2, -0.15) is 0 Å². The molecule has 1 aliphatic heterocycles. The highest BCUT2D eigenvalue weighted by Gasteiger charge is 2.31. The Kier molecular flexibility index (Phi) is 4.92. The van der Waals surface area contributed by atoms with E-state index in [1.165, 1.54) is 19.3 Å². The van der Waals surface area contributed by atoms with Gasteiger partial charge in [0.2, 0.25) is 5.91 Å². The van der Waals surface area contributed by atoms with Gasteiger partial charge in [0.05, 0.1) is 0 Å². The molecule has 2 rings (SSSR count). The van der Waals surface area contributed by atoms with Crippen LogP contribution in [0.25, 0.3) is 0 Å². The number of amidine groups is 1. The van der Waals surface area contributed by atoms with Crippen LogP contribution in [0.2, 0.25) is 0 Å². The van der Waals surface area contributed by atoms with Gasteiger partial charge in [0, 0.05) is 18.3 Å². The minimum atomic E-state index is 0.0205. The van der Waals surface area contributed by atoms with Gasteiger partial charge in [-0.15, -0.1) is 0 Å². The molecule has 102 valence electrons.